The predicted molar refractivity (Wildman–Crippen MR) is 81.5 cm³/mol. The summed E-state index contributed by atoms with van der Waals surface area (Å²) >= 11 is 0. The van der Waals surface area contributed by atoms with Crippen molar-refractivity contribution in [3.63, 3.8) is 0 Å². The van der Waals surface area contributed by atoms with E-state index in [1.807, 2.05) is 36.4 Å². The van der Waals surface area contributed by atoms with Crippen LogP contribution in [0.2, 0.25) is 0 Å². The second kappa shape index (κ2) is 7.33. The third kappa shape index (κ3) is 4.84. The first-order valence-corrected chi connectivity index (χ1v) is 6.85. The van der Waals surface area contributed by atoms with Crippen molar-refractivity contribution in [2.45, 2.75) is 12.8 Å². The monoisotopic (exact) mass is 285 g/mol. The molecule has 0 unspecified atom stereocenters. The van der Waals surface area contributed by atoms with Gasteiger partial charge in [0.15, 0.2) is 0 Å². The molecule has 2 aromatic carbocycles. The quantitative estimate of drug-likeness (QED) is 0.856. The number of phenolic OH excluding ortho intramolecular Hbond substituents is 1. The second-order valence-electron chi connectivity index (χ2n) is 4.79. The van der Waals surface area contributed by atoms with Gasteiger partial charge in [0.25, 0.3) is 0 Å². The molecule has 2 rings (SSSR count). The molecule has 1 amide bonds. The minimum atomic E-state index is -0.0120. The fourth-order valence-corrected chi connectivity index (χ4v) is 2.04. The number of ether oxygens (including phenoxy) is 1. The van der Waals surface area contributed by atoms with Crippen molar-refractivity contribution < 1.29 is 14.6 Å². The maximum Gasteiger partial charge on any atom is 0.224 e. The normalized spacial score (nSPS) is 10.1. The Morgan fingerprint density at radius 3 is 2.62 bits per heavy atom. The topological polar surface area (TPSA) is 58.6 Å². The highest BCUT2D eigenvalue weighted by atomic mass is 16.5. The van der Waals surface area contributed by atoms with E-state index in [4.69, 9.17) is 4.74 Å². The first-order valence-electron chi connectivity index (χ1n) is 6.85. The maximum absolute atomic E-state index is 11.9. The smallest absolute Gasteiger partial charge is 0.224 e. The standard InChI is InChI=1S/C17H19NO3/c1-21-16-4-2-3-14(11-16)12-17(20)18-10-9-13-5-7-15(19)8-6-13/h2-8,11,19H,9-10,12H2,1H3,(H,18,20). The van der Waals surface area contributed by atoms with Crippen LogP contribution >= 0.6 is 0 Å². The number of aromatic hydroxyl groups is 1. The highest BCUT2D eigenvalue weighted by Crippen LogP contribution is 2.13. The molecule has 0 atom stereocenters. The molecule has 0 aromatic heterocycles. The van der Waals surface area contributed by atoms with Crippen molar-refractivity contribution in [3.8, 4) is 11.5 Å². The van der Waals surface area contributed by atoms with Crippen molar-refractivity contribution in [2.24, 2.45) is 0 Å². The number of nitrogens with one attached hydrogen (secondary N) is 1. The van der Waals surface area contributed by atoms with E-state index in [-0.39, 0.29) is 11.7 Å². The van der Waals surface area contributed by atoms with Crippen LogP contribution in [-0.2, 0) is 17.6 Å². The lowest BCUT2D eigenvalue weighted by Gasteiger charge is -2.07. The minimum absolute atomic E-state index is 0.0120. The highest BCUT2D eigenvalue weighted by molar-refractivity contribution is 5.78. The van der Waals surface area contributed by atoms with Gasteiger partial charge in [-0.2, -0.15) is 0 Å². The van der Waals surface area contributed by atoms with Gasteiger partial charge in [0.05, 0.1) is 13.5 Å². The molecule has 110 valence electrons. The van der Waals surface area contributed by atoms with Gasteiger partial charge in [-0.25, -0.2) is 0 Å². The molecule has 0 heterocycles. The van der Waals surface area contributed by atoms with Crippen LogP contribution in [-0.4, -0.2) is 24.7 Å². The molecule has 21 heavy (non-hydrogen) atoms. The van der Waals surface area contributed by atoms with Crippen LogP contribution in [0.15, 0.2) is 48.5 Å². The zero-order valence-corrected chi connectivity index (χ0v) is 12.0. The number of carbonyl (C=O) groups is 1. The Bertz CT molecular complexity index is 593. The van der Waals surface area contributed by atoms with Crippen LogP contribution in [0.25, 0.3) is 0 Å². The number of hydrogen-bond acceptors (Lipinski definition) is 3. The summed E-state index contributed by atoms with van der Waals surface area (Å²) in [7, 11) is 1.61. The van der Waals surface area contributed by atoms with E-state index < -0.39 is 0 Å². The van der Waals surface area contributed by atoms with Crippen LogP contribution in [0.3, 0.4) is 0 Å². The lowest BCUT2D eigenvalue weighted by molar-refractivity contribution is -0.120. The van der Waals surface area contributed by atoms with Gasteiger partial charge in [0, 0.05) is 6.54 Å². The third-order valence-electron chi connectivity index (χ3n) is 3.17. The molecule has 0 radical (unpaired) electrons. The largest absolute Gasteiger partial charge is 0.508 e. The maximum atomic E-state index is 11.9. The Kier molecular flexibility index (Phi) is 5.21. The zero-order chi connectivity index (χ0) is 15.1. The molecule has 0 bridgehead atoms. The summed E-state index contributed by atoms with van der Waals surface area (Å²) in [4.78, 5) is 11.9. The summed E-state index contributed by atoms with van der Waals surface area (Å²) < 4.78 is 5.13. The number of methoxy groups -OCH3 is 1. The molecule has 4 nitrogen and oxygen atoms in total. The fraction of sp³-hybridized carbons (Fsp3) is 0.235. The lowest BCUT2D eigenvalue weighted by Crippen LogP contribution is -2.27. The van der Waals surface area contributed by atoms with Gasteiger partial charge in [0.2, 0.25) is 5.91 Å². The lowest BCUT2D eigenvalue weighted by atomic mass is 10.1. The van der Waals surface area contributed by atoms with Crippen molar-refractivity contribution in [3.05, 3.63) is 59.7 Å². The number of phenols is 1. The van der Waals surface area contributed by atoms with Crippen molar-refractivity contribution in [2.75, 3.05) is 13.7 Å². The number of carbonyl (C=O) groups excluding carboxylic acids is 1. The molecular formula is C17H19NO3. The fourth-order valence-electron chi connectivity index (χ4n) is 2.04. The molecule has 0 spiro atoms. The molecular weight excluding hydrogens is 266 g/mol. The van der Waals surface area contributed by atoms with Crippen LogP contribution in [0.5, 0.6) is 11.5 Å². The molecule has 0 aliphatic rings. The number of rotatable bonds is 6. The van der Waals surface area contributed by atoms with E-state index >= 15 is 0 Å². The average molecular weight is 285 g/mol. The molecule has 0 aliphatic carbocycles. The Balaban J connectivity index is 1.78. The Hall–Kier alpha value is -2.49. The first kappa shape index (κ1) is 14.9. The van der Waals surface area contributed by atoms with Crippen LogP contribution in [0.1, 0.15) is 11.1 Å². The minimum Gasteiger partial charge on any atom is -0.508 e. The SMILES string of the molecule is COc1cccc(CC(=O)NCCc2ccc(O)cc2)c1. The molecule has 0 aliphatic heterocycles. The van der Waals surface area contributed by atoms with Crippen LogP contribution < -0.4 is 10.1 Å². The summed E-state index contributed by atoms with van der Waals surface area (Å²) in [5.41, 5.74) is 2.01. The Morgan fingerprint density at radius 2 is 1.90 bits per heavy atom. The van der Waals surface area contributed by atoms with E-state index in [9.17, 15) is 9.90 Å². The number of amides is 1. The molecule has 0 saturated carbocycles. The Morgan fingerprint density at radius 1 is 1.14 bits per heavy atom. The second-order valence-corrected chi connectivity index (χ2v) is 4.79. The van der Waals surface area contributed by atoms with Gasteiger partial charge in [-0.1, -0.05) is 24.3 Å². The third-order valence-corrected chi connectivity index (χ3v) is 3.17. The summed E-state index contributed by atoms with van der Waals surface area (Å²) in [6.07, 6.45) is 1.08. The highest BCUT2D eigenvalue weighted by Gasteiger charge is 2.04. The van der Waals surface area contributed by atoms with E-state index in [0.29, 0.717) is 13.0 Å². The molecule has 2 N–H and O–H groups in total. The predicted octanol–water partition coefficient (Wildman–Crippen LogP) is 2.30. The van der Waals surface area contributed by atoms with E-state index in [1.54, 1.807) is 19.2 Å². The van der Waals surface area contributed by atoms with Crippen molar-refractivity contribution in [1.29, 1.82) is 0 Å². The van der Waals surface area contributed by atoms with Crippen LogP contribution in [0, 0.1) is 0 Å². The molecule has 2 aromatic rings. The van der Waals surface area contributed by atoms with Gasteiger partial charge in [-0.05, 0) is 41.8 Å². The van der Waals surface area contributed by atoms with E-state index in [0.717, 1.165) is 23.3 Å². The van der Waals surface area contributed by atoms with Gasteiger partial charge >= 0.3 is 0 Å². The molecule has 4 heteroatoms. The summed E-state index contributed by atoms with van der Waals surface area (Å²) in [5.74, 6) is 0.993. The average Bonchev–Trinajstić information content (AvgIpc) is 2.49. The molecule has 0 fully saturated rings. The number of hydrogen-bond donors (Lipinski definition) is 2. The van der Waals surface area contributed by atoms with Gasteiger partial charge in [-0.3, -0.25) is 4.79 Å². The van der Waals surface area contributed by atoms with Crippen molar-refractivity contribution >= 4 is 5.91 Å². The van der Waals surface area contributed by atoms with Gasteiger partial charge in [-0.15, -0.1) is 0 Å². The summed E-state index contributed by atoms with van der Waals surface area (Å²) in [5, 5.41) is 12.1. The number of benzene rings is 2. The Labute approximate surface area is 124 Å². The first-order chi connectivity index (χ1) is 10.2. The summed E-state index contributed by atoms with van der Waals surface area (Å²) in [6, 6.07) is 14.5. The van der Waals surface area contributed by atoms with E-state index in [1.165, 1.54) is 0 Å². The van der Waals surface area contributed by atoms with Crippen LogP contribution in [0.4, 0.5) is 0 Å². The van der Waals surface area contributed by atoms with Crippen molar-refractivity contribution in [1.82, 2.24) is 5.32 Å². The van der Waals surface area contributed by atoms with Gasteiger partial charge < -0.3 is 15.2 Å². The summed E-state index contributed by atoms with van der Waals surface area (Å²) in [6.45, 7) is 0.577. The van der Waals surface area contributed by atoms with Gasteiger partial charge in [0.1, 0.15) is 11.5 Å². The molecule has 0 saturated heterocycles. The van der Waals surface area contributed by atoms with E-state index in [2.05, 4.69) is 5.32 Å². The zero-order valence-electron chi connectivity index (χ0n) is 12.0.